The number of benzene rings is 2. The molecule has 188 valence electrons. The van der Waals surface area contributed by atoms with Crippen LogP contribution in [0.2, 0.25) is 0 Å². The summed E-state index contributed by atoms with van der Waals surface area (Å²) in [5.41, 5.74) is 0.267. The Labute approximate surface area is 204 Å². The van der Waals surface area contributed by atoms with Crippen LogP contribution in [0.15, 0.2) is 30.3 Å². The van der Waals surface area contributed by atoms with E-state index in [2.05, 4.69) is 10.6 Å². The number of sulfonamides is 1. The second kappa shape index (κ2) is 10.3. The summed E-state index contributed by atoms with van der Waals surface area (Å²) in [6.45, 7) is 2.08. The molecule has 0 spiro atoms. The van der Waals surface area contributed by atoms with Crippen molar-refractivity contribution in [3.8, 4) is 11.5 Å². The van der Waals surface area contributed by atoms with Crippen LogP contribution in [-0.2, 0) is 19.6 Å². The minimum Gasteiger partial charge on any atom is -0.507 e. The molecule has 2 fully saturated rings. The van der Waals surface area contributed by atoms with Crippen molar-refractivity contribution in [3.63, 3.8) is 0 Å². The van der Waals surface area contributed by atoms with Gasteiger partial charge in [-0.3, -0.25) is 14.9 Å². The van der Waals surface area contributed by atoms with Gasteiger partial charge in [-0.25, -0.2) is 12.7 Å². The molecular weight excluding hydrogens is 472 g/mol. The Bertz CT molecular complexity index is 1250. The van der Waals surface area contributed by atoms with Crippen LogP contribution >= 0.6 is 0 Å². The van der Waals surface area contributed by atoms with Gasteiger partial charge in [0.15, 0.2) is 0 Å². The number of fused-ring (bicyclic) bond motifs is 1. The van der Waals surface area contributed by atoms with Crippen LogP contribution < -0.4 is 15.4 Å². The van der Waals surface area contributed by atoms with E-state index in [1.54, 1.807) is 18.2 Å². The molecule has 2 saturated heterocycles. The lowest BCUT2D eigenvalue weighted by molar-refractivity contribution is -0.134. The number of rotatable bonds is 8. The summed E-state index contributed by atoms with van der Waals surface area (Å²) < 4.78 is 30.6. The van der Waals surface area contributed by atoms with Crippen LogP contribution in [0.5, 0.6) is 11.5 Å². The van der Waals surface area contributed by atoms with Gasteiger partial charge in [0.1, 0.15) is 18.1 Å². The van der Waals surface area contributed by atoms with Gasteiger partial charge in [0, 0.05) is 37.7 Å². The largest absolute Gasteiger partial charge is 0.507 e. The molecule has 0 radical (unpaired) electrons. The van der Waals surface area contributed by atoms with Crippen molar-refractivity contribution >= 4 is 38.3 Å². The highest BCUT2D eigenvalue weighted by molar-refractivity contribution is 7.88. The van der Waals surface area contributed by atoms with Crippen molar-refractivity contribution in [1.82, 2.24) is 14.9 Å². The fourth-order valence-electron chi connectivity index (χ4n) is 4.64. The molecule has 0 aromatic heterocycles. The Morgan fingerprint density at radius 2 is 1.94 bits per heavy atom. The standard InChI is InChI=1S/C24H30N4O6S/c1-35(32,33)28-11-8-16(9-12-28)26-10-13-34-17-3-4-18-15(14-17)2-6-20(29)22(18)23(25)19-5-7-21(30)27-24(19)31/h2-4,6,14,16,19,25-26,29H,5,7-13H2,1H3,(H,27,30,31)/t19-/m0/s1. The fourth-order valence-corrected chi connectivity index (χ4v) is 5.51. The lowest BCUT2D eigenvalue weighted by Crippen LogP contribution is -2.45. The predicted molar refractivity (Wildman–Crippen MR) is 131 cm³/mol. The highest BCUT2D eigenvalue weighted by atomic mass is 32.2. The van der Waals surface area contributed by atoms with E-state index in [0.29, 0.717) is 37.4 Å². The van der Waals surface area contributed by atoms with Crippen molar-refractivity contribution < 1.29 is 27.9 Å². The molecule has 2 aliphatic rings. The van der Waals surface area contributed by atoms with Gasteiger partial charge < -0.3 is 20.6 Å². The maximum Gasteiger partial charge on any atom is 0.235 e. The first-order chi connectivity index (χ1) is 16.6. The quantitative estimate of drug-likeness (QED) is 0.242. The summed E-state index contributed by atoms with van der Waals surface area (Å²) in [6, 6.07) is 8.80. The molecule has 0 saturated carbocycles. The van der Waals surface area contributed by atoms with E-state index < -0.39 is 21.8 Å². The SMILES string of the molecule is CS(=O)(=O)N1CCC(NCCOc2ccc3c(C(=N)[C@@H]4CCC(=O)NC4=O)c(O)ccc3c2)CC1. The molecule has 4 rings (SSSR count). The Morgan fingerprint density at radius 3 is 2.63 bits per heavy atom. The Morgan fingerprint density at radius 1 is 1.20 bits per heavy atom. The van der Waals surface area contributed by atoms with Gasteiger partial charge in [-0.1, -0.05) is 6.07 Å². The Kier molecular flexibility index (Phi) is 7.39. The third kappa shape index (κ3) is 5.80. The van der Waals surface area contributed by atoms with Crippen molar-refractivity contribution in [2.75, 3.05) is 32.5 Å². The summed E-state index contributed by atoms with van der Waals surface area (Å²) in [7, 11) is -3.13. The highest BCUT2D eigenvalue weighted by Gasteiger charge is 2.32. The molecule has 2 heterocycles. The van der Waals surface area contributed by atoms with Crippen LogP contribution in [0.1, 0.15) is 31.2 Å². The van der Waals surface area contributed by atoms with E-state index in [0.717, 1.165) is 18.2 Å². The zero-order valence-corrected chi connectivity index (χ0v) is 20.4. The van der Waals surface area contributed by atoms with Gasteiger partial charge in [0.05, 0.1) is 17.9 Å². The molecular formula is C24H30N4O6S. The van der Waals surface area contributed by atoms with E-state index in [1.165, 1.54) is 16.6 Å². The van der Waals surface area contributed by atoms with Gasteiger partial charge in [0.25, 0.3) is 0 Å². The van der Waals surface area contributed by atoms with Gasteiger partial charge in [0.2, 0.25) is 21.8 Å². The topological polar surface area (TPSA) is 149 Å². The average molecular weight is 503 g/mol. The molecule has 2 amide bonds. The molecule has 1 atom stereocenters. The first-order valence-corrected chi connectivity index (χ1v) is 13.5. The van der Waals surface area contributed by atoms with Gasteiger partial charge in [-0.2, -0.15) is 0 Å². The van der Waals surface area contributed by atoms with Crippen molar-refractivity contribution in [3.05, 3.63) is 35.9 Å². The van der Waals surface area contributed by atoms with Crippen molar-refractivity contribution in [2.45, 2.75) is 31.7 Å². The van der Waals surface area contributed by atoms with E-state index in [-0.39, 0.29) is 41.8 Å². The molecule has 0 aliphatic carbocycles. The van der Waals surface area contributed by atoms with Gasteiger partial charge in [-0.15, -0.1) is 0 Å². The molecule has 10 nitrogen and oxygen atoms in total. The Balaban J connectivity index is 1.36. The number of nitrogens with zero attached hydrogens (tertiary/aromatic N) is 1. The number of nitrogens with one attached hydrogen (secondary N) is 3. The smallest absolute Gasteiger partial charge is 0.235 e. The first-order valence-electron chi connectivity index (χ1n) is 11.6. The molecule has 0 unspecified atom stereocenters. The van der Waals surface area contributed by atoms with Gasteiger partial charge in [-0.05, 0) is 54.3 Å². The number of imide groups is 1. The Hall–Kier alpha value is -3.02. The van der Waals surface area contributed by atoms with Crippen LogP contribution in [0.25, 0.3) is 10.8 Å². The third-order valence-corrected chi connectivity index (χ3v) is 7.86. The lowest BCUT2D eigenvalue weighted by atomic mass is 9.86. The number of carbonyl (C=O) groups is 2. The van der Waals surface area contributed by atoms with Crippen LogP contribution in [0.3, 0.4) is 0 Å². The predicted octanol–water partition coefficient (Wildman–Crippen LogP) is 1.36. The fraction of sp³-hybridized carbons (Fsp3) is 0.458. The number of hydrogen-bond acceptors (Lipinski definition) is 8. The minimum atomic E-state index is -3.13. The number of aromatic hydroxyl groups is 1. The number of phenols is 1. The molecule has 4 N–H and O–H groups in total. The maximum absolute atomic E-state index is 12.2. The van der Waals surface area contributed by atoms with E-state index >= 15 is 0 Å². The van der Waals surface area contributed by atoms with E-state index in [9.17, 15) is 23.1 Å². The van der Waals surface area contributed by atoms with Gasteiger partial charge >= 0.3 is 0 Å². The number of phenolic OH excluding ortho intramolecular Hbond substituents is 1. The van der Waals surface area contributed by atoms with Crippen LogP contribution in [0.4, 0.5) is 0 Å². The summed E-state index contributed by atoms with van der Waals surface area (Å²) in [5.74, 6) is -1.12. The summed E-state index contributed by atoms with van der Waals surface area (Å²) in [6.07, 6.45) is 3.15. The maximum atomic E-state index is 12.2. The molecule has 2 aromatic rings. The highest BCUT2D eigenvalue weighted by Crippen LogP contribution is 2.33. The zero-order valence-electron chi connectivity index (χ0n) is 19.5. The number of ether oxygens (including phenoxy) is 1. The molecule has 2 aromatic carbocycles. The monoisotopic (exact) mass is 502 g/mol. The van der Waals surface area contributed by atoms with E-state index in [4.69, 9.17) is 10.1 Å². The summed E-state index contributed by atoms with van der Waals surface area (Å²) >= 11 is 0. The number of carbonyl (C=O) groups excluding carboxylic acids is 2. The average Bonchev–Trinajstić information content (AvgIpc) is 2.81. The van der Waals surface area contributed by atoms with Crippen LogP contribution in [0, 0.1) is 11.3 Å². The first kappa shape index (κ1) is 25.1. The second-order valence-corrected chi connectivity index (χ2v) is 11.0. The van der Waals surface area contributed by atoms with Crippen LogP contribution in [-0.4, -0.2) is 73.9 Å². The zero-order chi connectivity index (χ0) is 25.2. The number of hydrogen-bond donors (Lipinski definition) is 4. The number of piperidine rings is 2. The normalized spacial score (nSPS) is 20.1. The third-order valence-electron chi connectivity index (χ3n) is 6.55. The molecule has 2 aliphatic heterocycles. The van der Waals surface area contributed by atoms with Crippen molar-refractivity contribution in [2.24, 2.45) is 5.92 Å². The minimum absolute atomic E-state index is 0.0158. The molecule has 0 bridgehead atoms. The van der Waals surface area contributed by atoms with Crippen molar-refractivity contribution in [1.29, 1.82) is 5.41 Å². The molecule has 11 heteroatoms. The lowest BCUT2D eigenvalue weighted by Gasteiger charge is -2.30. The summed E-state index contributed by atoms with van der Waals surface area (Å²) in [5, 5.41) is 26.1. The second-order valence-electron chi connectivity index (χ2n) is 9.00. The molecule has 35 heavy (non-hydrogen) atoms. The summed E-state index contributed by atoms with van der Waals surface area (Å²) in [4.78, 5) is 23.7. The van der Waals surface area contributed by atoms with E-state index in [1.807, 2.05) is 6.07 Å². The number of amides is 2.